The molecule has 0 bridgehead atoms. The molecule has 3 aromatic rings. The van der Waals surface area contributed by atoms with Gasteiger partial charge in [0.25, 0.3) is 5.91 Å². The van der Waals surface area contributed by atoms with Gasteiger partial charge in [0.05, 0.1) is 35.0 Å². The highest BCUT2D eigenvalue weighted by molar-refractivity contribution is 6.07. The Morgan fingerprint density at radius 1 is 1.19 bits per heavy atom. The summed E-state index contributed by atoms with van der Waals surface area (Å²) in [5.41, 5.74) is 12.5. The lowest BCUT2D eigenvalue weighted by molar-refractivity contribution is 0.102. The van der Waals surface area contributed by atoms with E-state index in [0.717, 1.165) is 43.4 Å². The van der Waals surface area contributed by atoms with E-state index in [2.05, 4.69) is 25.2 Å². The highest BCUT2D eigenvalue weighted by atomic mass is 19.1. The molecule has 5 N–H and O–H groups in total. The second kappa shape index (κ2) is 8.60. The number of nitrogen functional groups attached to an aromatic ring is 1. The summed E-state index contributed by atoms with van der Waals surface area (Å²) >= 11 is 0. The van der Waals surface area contributed by atoms with Crippen molar-refractivity contribution in [2.75, 3.05) is 29.0 Å². The lowest BCUT2D eigenvalue weighted by atomic mass is 10.1. The monoisotopic (exact) mass is 425 g/mol. The summed E-state index contributed by atoms with van der Waals surface area (Å²) in [5.74, 6) is -2.60. The number of nitrogens with two attached hydrogens (primary N) is 2. The molecular formula is C21H21F2N7O. The van der Waals surface area contributed by atoms with Crippen LogP contribution in [0.5, 0.6) is 0 Å². The van der Waals surface area contributed by atoms with Crippen LogP contribution >= 0.6 is 0 Å². The summed E-state index contributed by atoms with van der Waals surface area (Å²) in [6, 6.07) is 5.24. The first-order chi connectivity index (χ1) is 14.9. The fraction of sp³-hybridized carbons (Fsp3) is 0.238. The van der Waals surface area contributed by atoms with Crippen molar-refractivity contribution in [3.63, 3.8) is 0 Å². The standard InChI is InChI=1S/C21H21F2N7O/c22-13-4-1-5-14(23)18(13)20-27-9-15(25)19(29-20)21(31)28-16-10-26-7-6-17(16)30-8-2-3-12(24)11-30/h1,4-7,9-10,12H,2-3,8,11,24-25H2,(H,28,31). The number of anilines is 3. The van der Waals surface area contributed by atoms with Crippen molar-refractivity contribution in [3.05, 3.63) is 60.2 Å². The summed E-state index contributed by atoms with van der Waals surface area (Å²) in [5, 5.41) is 2.75. The van der Waals surface area contributed by atoms with Gasteiger partial charge in [0, 0.05) is 25.3 Å². The van der Waals surface area contributed by atoms with Crippen molar-refractivity contribution in [1.82, 2.24) is 15.0 Å². The van der Waals surface area contributed by atoms with Crippen LogP contribution in [0.2, 0.25) is 0 Å². The number of rotatable bonds is 4. The third-order valence-corrected chi connectivity index (χ3v) is 5.06. The number of amides is 1. The normalized spacial score (nSPS) is 16.2. The second-order valence-electron chi connectivity index (χ2n) is 7.29. The second-order valence-corrected chi connectivity index (χ2v) is 7.29. The molecule has 1 amide bonds. The van der Waals surface area contributed by atoms with Gasteiger partial charge in [-0.3, -0.25) is 9.78 Å². The molecule has 0 radical (unpaired) electrons. The molecule has 1 aliphatic heterocycles. The zero-order valence-corrected chi connectivity index (χ0v) is 16.6. The summed E-state index contributed by atoms with van der Waals surface area (Å²) < 4.78 is 28.3. The van der Waals surface area contributed by atoms with Crippen LogP contribution in [0, 0.1) is 11.6 Å². The minimum Gasteiger partial charge on any atom is -0.396 e. The van der Waals surface area contributed by atoms with E-state index in [9.17, 15) is 13.6 Å². The van der Waals surface area contributed by atoms with Crippen LogP contribution in [-0.4, -0.2) is 40.0 Å². The van der Waals surface area contributed by atoms with Crippen molar-refractivity contribution in [2.24, 2.45) is 5.73 Å². The minimum atomic E-state index is -0.841. The lowest BCUT2D eigenvalue weighted by Gasteiger charge is -2.33. The Morgan fingerprint density at radius 3 is 2.71 bits per heavy atom. The van der Waals surface area contributed by atoms with Crippen LogP contribution in [0.4, 0.5) is 25.8 Å². The molecule has 4 rings (SSSR count). The fourth-order valence-corrected chi connectivity index (χ4v) is 3.57. The SMILES string of the molecule is Nc1cnc(-c2c(F)cccc2F)nc1C(=O)Nc1cnccc1N1CCCC(N)C1. The summed E-state index contributed by atoms with van der Waals surface area (Å²) in [4.78, 5) is 27.0. The van der Waals surface area contributed by atoms with Crippen LogP contribution in [0.25, 0.3) is 11.4 Å². The van der Waals surface area contributed by atoms with E-state index < -0.39 is 23.1 Å². The summed E-state index contributed by atoms with van der Waals surface area (Å²) in [7, 11) is 0. The third kappa shape index (κ3) is 4.29. The van der Waals surface area contributed by atoms with Gasteiger partial charge in [0.1, 0.15) is 11.6 Å². The molecule has 31 heavy (non-hydrogen) atoms. The van der Waals surface area contributed by atoms with Gasteiger partial charge in [-0.2, -0.15) is 0 Å². The molecule has 8 nitrogen and oxygen atoms in total. The first-order valence-corrected chi connectivity index (χ1v) is 9.77. The predicted octanol–water partition coefficient (Wildman–Crippen LogP) is 2.58. The molecule has 1 saturated heterocycles. The molecule has 0 spiro atoms. The molecule has 0 saturated carbocycles. The summed E-state index contributed by atoms with van der Waals surface area (Å²) in [6.45, 7) is 1.45. The number of carbonyl (C=O) groups is 1. The number of benzene rings is 1. The van der Waals surface area contributed by atoms with Crippen molar-refractivity contribution < 1.29 is 13.6 Å². The van der Waals surface area contributed by atoms with Crippen LogP contribution in [0.15, 0.2) is 42.9 Å². The molecule has 160 valence electrons. The molecule has 1 fully saturated rings. The maximum atomic E-state index is 14.1. The van der Waals surface area contributed by atoms with Gasteiger partial charge >= 0.3 is 0 Å². The molecule has 1 aromatic carbocycles. The van der Waals surface area contributed by atoms with Crippen molar-refractivity contribution in [1.29, 1.82) is 0 Å². The quantitative estimate of drug-likeness (QED) is 0.587. The van der Waals surface area contributed by atoms with Gasteiger partial charge in [-0.05, 0) is 31.0 Å². The smallest absolute Gasteiger partial charge is 0.276 e. The average molecular weight is 425 g/mol. The van der Waals surface area contributed by atoms with Gasteiger partial charge in [0.2, 0.25) is 0 Å². The number of halogens is 2. The van der Waals surface area contributed by atoms with Gasteiger partial charge in [-0.25, -0.2) is 18.7 Å². The Kier molecular flexibility index (Phi) is 5.72. The van der Waals surface area contributed by atoms with E-state index >= 15 is 0 Å². The Labute approximate surface area is 177 Å². The highest BCUT2D eigenvalue weighted by Crippen LogP contribution is 2.29. The number of piperidine rings is 1. The van der Waals surface area contributed by atoms with Gasteiger partial charge in [-0.1, -0.05) is 6.07 Å². The minimum absolute atomic E-state index is 0.0246. The number of nitrogens with zero attached hydrogens (tertiary/aromatic N) is 4. The summed E-state index contributed by atoms with van der Waals surface area (Å²) in [6.07, 6.45) is 6.17. The molecule has 2 aromatic heterocycles. The number of carbonyl (C=O) groups excluding carboxylic acids is 1. The molecule has 10 heteroatoms. The fourth-order valence-electron chi connectivity index (χ4n) is 3.57. The third-order valence-electron chi connectivity index (χ3n) is 5.06. The van der Waals surface area contributed by atoms with Crippen LogP contribution in [-0.2, 0) is 0 Å². The maximum absolute atomic E-state index is 14.1. The van der Waals surface area contributed by atoms with E-state index in [1.54, 1.807) is 12.3 Å². The zero-order chi connectivity index (χ0) is 22.0. The van der Waals surface area contributed by atoms with E-state index in [1.807, 2.05) is 0 Å². The van der Waals surface area contributed by atoms with Crippen LogP contribution in [0.1, 0.15) is 23.3 Å². The number of pyridine rings is 1. The number of hydrogen-bond acceptors (Lipinski definition) is 7. The first kappa shape index (κ1) is 20.6. The topological polar surface area (TPSA) is 123 Å². The predicted molar refractivity (Wildman–Crippen MR) is 113 cm³/mol. The van der Waals surface area contributed by atoms with Crippen molar-refractivity contribution in [2.45, 2.75) is 18.9 Å². The average Bonchev–Trinajstić information content (AvgIpc) is 2.75. The molecule has 0 aliphatic carbocycles. The van der Waals surface area contributed by atoms with Gasteiger partial charge < -0.3 is 21.7 Å². The number of nitrogens with one attached hydrogen (secondary N) is 1. The highest BCUT2D eigenvalue weighted by Gasteiger charge is 2.22. The molecule has 3 heterocycles. The van der Waals surface area contributed by atoms with Crippen LogP contribution < -0.4 is 21.7 Å². The van der Waals surface area contributed by atoms with E-state index in [4.69, 9.17) is 11.5 Å². The largest absolute Gasteiger partial charge is 0.396 e. The Balaban J connectivity index is 1.65. The molecule has 1 atom stereocenters. The van der Waals surface area contributed by atoms with E-state index in [0.29, 0.717) is 12.2 Å². The number of aromatic nitrogens is 3. The first-order valence-electron chi connectivity index (χ1n) is 9.77. The lowest BCUT2D eigenvalue weighted by Crippen LogP contribution is -2.43. The van der Waals surface area contributed by atoms with Crippen molar-refractivity contribution >= 4 is 23.0 Å². The van der Waals surface area contributed by atoms with Crippen LogP contribution in [0.3, 0.4) is 0 Å². The maximum Gasteiger partial charge on any atom is 0.276 e. The van der Waals surface area contributed by atoms with Gasteiger partial charge in [0.15, 0.2) is 11.5 Å². The van der Waals surface area contributed by atoms with Gasteiger partial charge in [-0.15, -0.1) is 0 Å². The Morgan fingerprint density at radius 2 is 1.97 bits per heavy atom. The zero-order valence-electron chi connectivity index (χ0n) is 16.6. The Bertz CT molecular complexity index is 1100. The van der Waals surface area contributed by atoms with E-state index in [1.165, 1.54) is 12.3 Å². The van der Waals surface area contributed by atoms with Crippen molar-refractivity contribution in [3.8, 4) is 11.4 Å². The Hall–Kier alpha value is -3.66. The molecule has 1 unspecified atom stereocenters. The van der Waals surface area contributed by atoms with E-state index in [-0.39, 0.29) is 23.2 Å². The molecule has 1 aliphatic rings. The molecular weight excluding hydrogens is 404 g/mol. The number of hydrogen-bond donors (Lipinski definition) is 3.